The zero-order valence-corrected chi connectivity index (χ0v) is 12.9. The van der Waals surface area contributed by atoms with Crippen molar-refractivity contribution in [3.63, 3.8) is 0 Å². The average molecular weight is 353 g/mol. The number of alkyl halides is 3. The van der Waals surface area contributed by atoms with E-state index in [1.54, 1.807) is 12.1 Å². The Labute approximate surface area is 141 Å². The number of hydrogen-bond donors (Lipinski definition) is 1. The van der Waals surface area contributed by atoms with Crippen LogP contribution in [0.2, 0.25) is 0 Å². The third-order valence-corrected chi connectivity index (χ3v) is 3.41. The van der Waals surface area contributed by atoms with Crippen molar-refractivity contribution in [2.24, 2.45) is 0 Å². The number of carbonyl (C=O) groups excluding carboxylic acids is 1. The van der Waals surface area contributed by atoms with Crippen LogP contribution in [0.3, 0.4) is 0 Å². The van der Waals surface area contributed by atoms with Gasteiger partial charge in [0.2, 0.25) is 0 Å². The minimum Gasteiger partial charge on any atom is -0.486 e. The number of carbonyl (C=O) groups is 1. The Bertz CT molecular complexity index is 746. The van der Waals surface area contributed by atoms with Crippen LogP contribution in [0.5, 0.6) is 17.2 Å². The Morgan fingerprint density at radius 3 is 2.48 bits per heavy atom. The highest BCUT2D eigenvalue weighted by molar-refractivity contribution is 5.94. The Hall–Kier alpha value is -2.90. The van der Waals surface area contributed by atoms with Crippen LogP contribution in [0, 0.1) is 0 Å². The van der Waals surface area contributed by atoms with E-state index in [0.29, 0.717) is 11.5 Å². The van der Waals surface area contributed by atoms with Gasteiger partial charge in [0.15, 0.2) is 11.5 Å². The van der Waals surface area contributed by atoms with Gasteiger partial charge in [0.05, 0.1) is 6.54 Å². The number of fused-ring (bicyclic) bond motifs is 1. The molecular weight excluding hydrogens is 339 g/mol. The monoisotopic (exact) mass is 353 g/mol. The van der Waals surface area contributed by atoms with E-state index in [2.05, 4.69) is 10.1 Å². The predicted molar refractivity (Wildman–Crippen MR) is 81.8 cm³/mol. The number of nitrogens with one attached hydrogen (secondary N) is 1. The van der Waals surface area contributed by atoms with Crippen molar-refractivity contribution in [3.05, 3.63) is 54.1 Å². The quantitative estimate of drug-likeness (QED) is 0.917. The summed E-state index contributed by atoms with van der Waals surface area (Å²) in [6.45, 7) is 0.490. The molecule has 132 valence electrons. The lowest BCUT2D eigenvalue weighted by Gasteiger charge is -2.26. The van der Waals surface area contributed by atoms with Crippen LogP contribution in [0.1, 0.15) is 10.4 Å². The lowest BCUT2D eigenvalue weighted by molar-refractivity contribution is -0.274. The van der Waals surface area contributed by atoms with Crippen LogP contribution in [0.25, 0.3) is 0 Å². The summed E-state index contributed by atoms with van der Waals surface area (Å²) in [5, 5.41) is 2.66. The number of halogens is 3. The molecule has 1 heterocycles. The molecule has 0 spiro atoms. The lowest BCUT2D eigenvalue weighted by atomic mass is 10.2. The largest absolute Gasteiger partial charge is 0.573 e. The molecule has 0 radical (unpaired) electrons. The SMILES string of the molecule is O=C(NCC1COc2ccccc2O1)c1ccc(OC(F)(F)F)cc1. The summed E-state index contributed by atoms with van der Waals surface area (Å²) in [5.41, 5.74) is 0.214. The van der Waals surface area contributed by atoms with Gasteiger partial charge in [-0.3, -0.25) is 4.79 Å². The molecule has 1 unspecified atom stereocenters. The summed E-state index contributed by atoms with van der Waals surface area (Å²) >= 11 is 0. The second-order valence-corrected chi connectivity index (χ2v) is 5.28. The summed E-state index contributed by atoms with van der Waals surface area (Å²) in [6, 6.07) is 11.9. The molecule has 3 rings (SSSR count). The average Bonchev–Trinajstić information content (AvgIpc) is 2.59. The van der Waals surface area contributed by atoms with Crippen molar-refractivity contribution in [1.29, 1.82) is 0 Å². The number of ether oxygens (including phenoxy) is 3. The highest BCUT2D eigenvalue weighted by Gasteiger charge is 2.31. The molecule has 25 heavy (non-hydrogen) atoms. The molecule has 0 aliphatic carbocycles. The van der Waals surface area contributed by atoms with Crippen LogP contribution in [0.4, 0.5) is 13.2 Å². The third kappa shape index (κ3) is 4.56. The van der Waals surface area contributed by atoms with E-state index < -0.39 is 12.3 Å². The van der Waals surface area contributed by atoms with E-state index in [9.17, 15) is 18.0 Å². The molecule has 1 N–H and O–H groups in total. The number of benzene rings is 2. The van der Waals surface area contributed by atoms with Crippen molar-refractivity contribution in [2.75, 3.05) is 13.2 Å². The van der Waals surface area contributed by atoms with Crippen molar-refractivity contribution in [2.45, 2.75) is 12.5 Å². The van der Waals surface area contributed by atoms with Gasteiger partial charge in [-0.2, -0.15) is 0 Å². The van der Waals surface area contributed by atoms with Gasteiger partial charge in [0.1, 0.15) is 18.5 Å². The van der Waals surface area contributed by atoms with E-state index in [-0.39, 0.29) is 30.6 Å². The van der Waals surface area contributed by atoms with E-state index in [1.807, 2.05) is 12.1 Å². The molecule has 1 atom stereocenters. The summed E-state index contributed by atoms with van der Waals surface area (Å²) < 4.78 is 51.3. The molecule has 0 saturated carbocycles. The van der Waals surface area contributed by atoms with Gasteiger partial charge in [-0.15, -0.1) is 13.2 Å². The Morgan fingerprint density at radius 1 is 1.12 bits per heavy atom. The number of hydrogen-bond acceptors (Lipinski definition) is 4. The maximum atomic E-state index is 12.1. The fraction of sp³-hybridized carbons (Fsp3) is 0.235. The molecule has 2 aromatic rings. The third-order valence-electron chi connectivity index (χ3n) is 3.41. The molecule has 5 nitrogen and oxygen atoms in total. The Morgan fingerprint density at radius 2 is 1.80 bits per heavy atom. The van der Waals surface area contributed by atoms with E-state index in [0.717, 1.165) is 12.1 Å². The van der Waals surface area contributed by atoms with Gasteiger partial charge in [-0.25, -0.2) is 0 Å². The molecule has 1 amide bonds. The van der Waals surface area contributed by atoms with Crippen LogP contribution in [-0.4, -0.2) is 31.5 Å². The van der Waals surface area contributed by atoms with Crippen molar-refractivity contribution in [1.82, 2.24) is 5.32 Å². The Balaban J connectivity index is 1.53. The van der Waals surface area contributed by atoms with Crippen molar-refractivity contribution in [3.8, 4) is 17.2 Å². The van der Waals surface area contributed by atoms with E-state index >= 15 is 0 Å². The highest BCUT2D eigenvalue weighted by atomic mass is 19.4. The first-order valence-electron chi connectivity index (χ1n) is 7.43. The van der Waals surface area contributed by atoms with Gasteiger partial charge in [-0.05, 0) is 36.4 Å². The van der Waals surface area contributed by atoms with E-state index in [1.165, 1.54) is 12.1 Å². The smallest absolute Gasteiger partial charge is 0.486 e. The van der Waals surface area contributed by atoms with Gasteiger partial charge in [0, 0.05) is 5.56 Å². The number of rotatable bonds is 4. The molecule has 8 heteroatoms. The van der Waals surface area contributed by atoms with Crippen LogP contribution in [0.15, 0.2) is 48.5 Å². The fourth-order valence-electron chi connectivity index (χ4n) is 2.28. The normalized spacial score (nSPS) is 16.2. The molecular formula is C17H14F3NO4. The maximum absolute atomic E-state index is 12.1. The second-order valence-electron chi connectivity index (χ2n) is 5.28. The zero-order chi connectivity index (χ0) is 17.9. The first-order valence-corrected chi connectivity index (χ1v) is 7.43. The maximum Gasteiger partial charge on any atom is 0.573 e. The highest BCUT2D eigenvalue weighted by Crippen LogP contribution is 2.30. The lowest BCUT2D eigenvalue weighted by Crippen LogP contribution is -2.40. The summed E-state index contributed by atoms with van der Waals surface area (Å²) in [4.78, 5) is 12.1. The van der Waals surface area contributed by atoms with Gasteiger partial charge >= 0.3 is 6.36 Å². The number of para-hydroxylation sites is 2. The van der Waals surface area contributed by atoms with Gasteiger partial charge < -0.3 is 19.5 Å². The predicted octanol–water partition coefficient (Wildman–Crippen LogP) is 3.16. The first kappa shape index (κ1) is 16.9. The van der Waals surface area contributed by atoms with Gasteiger partial charge in [0.25, 0.3) is 5.91 Å². The minimum atomic E-state index is -4.77. The first-order chi connectivity index (χ1) is 11.9. The topological polar surface area (TPSA) is 56.8 Å². The standard InChI is InChI=1S/C17H14F3NO4/c18-17(19,20)25-12-7-5-11(6-8-12)16(22)21-9-13-10-23-14-3-1-2-4-15(14)24-13/h1-8,13H,9-10H2,(H,21,22). The number of amides is 1. The minimum absolute atomic E-state index is 0.202. The fourth-order valence-corrected chi connectivity index (χ4v) is 2.28. The van der Waals surface area contributed by atoms with Crippen LogP contribution >= 0.6 is 0 Å². The molecule has 0 fully saturated rings. The molecule has 0 aromatic heterocycles. The summed E-state index contributed by atoms with van der Waals surface area (Å²) in [5.74, 6) is 0.428. The molecule has 0 bridgehead atoms. The molecule has 1 aliphatic rings. The van der Waals surface area contributed by atoms with E-state index in [4.69, 9.17) is 9.47 Å². The van der Waals surface area contributed by atoms with Crippen molar-refractivity contribution < 1.29 is 32.2 Å². The van der Waals surface area contributed by atoms with Gasteiger partial charge in [-0.1, -0.05) is 12.1 Å². The Kier molecular flexibility index (Phi) is 4.69. The summed E-state index contributed by atoms with van der Waals surface area (Å²) in [7, 11) is 0. The molecule has 1 aliphatic heterocycles. The molecule has 2 aromatic carbocycles. The van der Waals surface area contributed by atoms with Crippen molar-refractivity contribution >= 4 is 5.91 Å². The summed E-state index contributed by atoms with van der Waals surface area (Å²) in [6.07, 6.45) is -5.12. The van der Waals surface area contributed by atoms with Crippen LogP contribution in [-0.2, 0) is 0 Å². The second kappa shape index (κ2) is 6.92. The zero-order valence-electron chi connectivity index (χ0n) is 12.9. The van der Waals surface area contributed by atoms with Crippen LogP contribution < -0.4 is 19.5 Å². The molecule has 0 saturated heterocycles.